The Bertz CT molecular complexity index is 138. The lowest BCUT2D eigenvalue weighted by molar-refractivity contribution is -0.118. The number of ketones is 1. The molecule has 0 fully saturated rings. The van der Waals surface area contributed by atoms with Crippen molar-refractivity contribution in [1.29, 1.82) is 0 Å². The highest BCUT2D eigenvalue weighted by molar-refractivity contribution is 5.92. The fourth-order valence-electron chi connectivity index (χ4n) is 0.731. The molecule has 0 rings (SSSR count). The van der Waals surface area contributed by atoms with Crippen molar-refractivity contribution in [3.05, 3.63) is 12.3 Å². The van der Waals surface area contributed by atoms with E-state index >= 15 is 0 Å². The molecule has 0 unspecified atom stereocenters. The molecule has 0 bridgehead atoms. The van der Waals surface area contributed by atoms with Gasteiger partial charge in [-0.1, -0.05) is 19.9 Å². The second kappa shape index (κ2) is 5.96. The van der Waals surface area contributed by atoms with Gasteiger partial charge in [0.25, 0.3) is 0 Å². The lowest BCUT2D eigenvalue weighted by Crippen LogP contribution is -2.04. The quantitative estimate of drug-likeness (QED) is 0.435. The van der Waals surface area contributed by atoms with Crippen molar-refractivity contribution >= 4 is 5.78 Å². The van der Waals surface area contributed by atoms with Gasteiger partial charge in [-0.3, -0.25) is 4.79 Å². The van der Waals surface area contributed by atoms with Crippen LogP contribution in [0.1, 0.15) is 33.1 Å². The molecule has 0 spiro atoms. The van der Waals surface area contributed by atoms with Gasteiger partial charge in [0.2, 0.25) is 0 Å². The molecular formula is C9H16O2. The van der Waals surface area contributed by atoms with Crippen LogP contribution in [0.2, 0.25) is 0 Å². The van der Waals surface area contributed by atoms with Crippen LogP contribution in [0.5, 0.6) is 0 Å². The Labute approximate surface area is 68.2 Å². The normalized spacial score (nSPS) is 9.27. The Morgan fingerprint density at radius 1 is 1.45 bits per heavy atom. The van der Waals surface area contributed by atoms with Crippen molar-refractivity contribution in [2.75, 3.05) is 6.61 Å². The van der Waals surface area contributed by atoms with Crippen molar-refractivity contribution in [3.8, 4) is 0 Å². The van der Waals surface area contributed by atoms with E-state index in [0.29, 0.717) is 18.8 Å². The number of hydrogen-bond acceptors (Lipinski definition) is 2. The average molecular weight is 156 g/mol. The highest BCUT2D eigenvalue weighted by Crippen LogP contribution is 2.03. The lowest BCUT2D eigenvalue weighted by atomic mass is 10.2. The van der Waals surface area contributed by atoms with Crippen LogP contribution in [0.25, 0.3) is 0 Å². The molecule has 0 amide bonds. The van der Waals surface area contributed by atoms with Gasteiger partial charge in [-0.2, -0.15) is 0 Å². The highest BCUT2D eigenvalue weighted by Gasteiger charge is 2.05. The van der Waals surface area contributed by atoms with Crippen molar-refractivity contribution in [3.63, 3.8) is 0 Å². The molecule has 2 nitrogen and oxygen atoms in total. The maximum atomic E-state index is 11.1. The molecule has 0 atom stereocenters. The van der Waals surface area contributed by atoms with Gasteiger partial charge in [-0.25, -0.2) is 0 Å². The minimum absolute atomic E-state index is 0.0358. The van der Waals surface area contributed by atoms with E-state index < -0.39 is 0 Å². The number of ether oxygens (including phenoxy) is 1. The second-order valence-corrected chi connectivity index (χ2v) is 2.38. The van der Waals surface area contributed by atoms with Gasteiger partial charge in [-0.15, -0.1) is 0 Å². The molecule has 0 radical (unpaired) electrons. The predicted molar refractivity (Wildman–Crippen MR) is 45.3 cm³/mol. The summed E-state index contributed by atoms with van der Waals surface area (Å²) in [6, 6.07) is 0. The van der Waals surface area contributed by atoms with E-state index in [1.54, 1.807) is 0 Å². The Morgan fingerprint density at radius 2 is 2.09 bits per heavy atom. The van der Waals surface area contributed by atoms with E-state index in [1.165, 1.54) is 0 Å². The summed E-state index contributed by atoms with van der Waals surface area (Å²) < 4.78 is 4.96. The van der Waals surface area contributed by atoms with Gasteiger partial charge in [0, 0.05) is 6.42 Å². The van der Waals surface area contributed by atoms with Crippen LogP contribution < -0.4 is 0 Å². The predicted octanol–water partition coefficient (Wildman–Crippen LogP) is 2.30. The molecule has 0 saturated carbocycles. The number of allylic oxidation sites excluding steroid dienone is 1. The van der Waals surface area contributed by atoms with Gasteiger partial charge in [0.1, 0.15) is 0 Å². The fraction of sp³-hybridized carbons (Fsp3) is 0.667. The largest absolute Gasteiger partial charge is 0.491 e. The number of carbonyl (C=O) groups is 1. The van der Waals surface area contributed by atoms with E-state index in [4.69, 9.17) is 4.74 Å². The summed E-state index contributed by atoms with van der Waals surface area (Å²) in [4.78, 5) is 11.1. The Morgan fingerprint density at radius 3 is 2.55 bits per heavy atom. The van der Waals surface area contributed by atoms with Crippen LogP contribution in [0.15, 0.2) is 12.3 Å². The molecule has 0 aromatic carbocycles. The topological polar surface area (TPSA) is 26.3 Å². The van der Waals surface area contributed by atoms with Crippen molar-refractivity contribution < 1.29 is 9.53 Å². The lowest BCUT2D eigenvalue weighted by Gasteiger charge is -2.03. The zero-order chi connectivity index (χ0) is 8.69. The number of hydrogen-bond donors (Lipinski definition) is 0. The van der Waals surface area contributed by atoms with Crippen LogP contribution in [0, 0.1) is 0 Å². The van der Waals surface area contributed by atoms with E-state index in [9.17, 15) is 4.79 Å². The molecule has 0 N–H and O–H groups in total. The summed E-state index contributed by atoms with van der Waals surface area (Å²) in [7, 11) is 0. The Balaban J connectivity index is 3.56. The third-order valence-corrected chi connectivity index (χ3v) is 1.39. The first-order valence-corrected chi connectivity index (χ1v) is 4.07. The molecule has 0 aliphatic heterocycles. The molecule has 0 heterocycles. The van der Waals surface area contributed by atoms with Crippen LogP contribution in [0.4, 0.5) is 0 Å². The first-order chi connectivity index (χ1) is 5.22. The summed E-state index contributed by atoms with van der Waals surface area (Å²) in [5.74, 6) is 0.342. The molecule has 0 aromatic heterocycles. The maximum Gasteiger partial charge on any atom is 0.196 e. The molecule has 11 heavy (non-hydrogen) atoms. The first-order valence-electron chi connectivity index (χ1n) is 4.07. The molecular weight excluding hydrogens is 140 g/mol. The van der Waals surface area contributed by atoms with Crippen LogP contribution >= 0.6 is 0 Å². The fourth-order valence-corrected chi connectivity index (χ4v) is 0.731. The highest BCUT2D eigenvalue weighted by atomic mass is 16.5. The standard InChI is InChI=1S/C9H16O2/c1-4-6-7-9(10)8(3)11-5-2/h3-7H2,1-2H3. The minimum atomic E-state index is 0.0358. The molecule has 64 valence electrons. The number of carbonyl (C=O) groups excluding carboxylic acids is 1. The SMILES string of the molecule is C=C(OCC)C(=O)CCCC. The Kier molecular flexibility index (Phi) is 5.53. The molecule has 0 aliphatic rings. The molecule has 0 saturated heterocycles. The molecule has 0 aromatic rings. The van der Waals surface area contributed by atoms with Crippen molar-refractivity contribution in [2.45, 2.75) is 33.1 Å². The second-order valence-electron chi connectivity index (χ2n) is 2.38. The Hall–Kier alpha value is -0.790. The van der Waals surface area contributed by atoms with Gasteiger partial charge in [0.05, 0.1) is 6.61 Å². The van der Waals surface area contributed by atoms with E-state index in [-0.39, 0.29) is 5.78 Å². The first kappa shape index (κ1) is 10.2. The summed E-state index contributed by atoms with van der Waals surface area (Å²) >= 11 is 0. The van der Waals surface area contributed by atoms with Crippen LogP contribution in [-0.2, 0) is 9.53 Å². The van der Waals surface area contributed by atoms with Crippen LogP contribution in [-0.4, -0.2) is 12.4 Å². The van der Waals surface area contributed by atoms with Gasteiger partial charge < -0.3 is 4.74 Å². The average Bonchev–Trinajstić information content (AvgIpc) is 2.00. The van der Waals surface area contributed by atoms with Crippen molar-refractivity contribution in [1.82, 2.24) is 0 Å². The van der Waals surface area contributed by atoms with E-state index in [2.05, 4.69) is 13.5 Å². The zero-order valence-corrected chi connectivity index (χ0v) is 7.35. The van der Waals surface area contributed by atoms with Crippen LogP contribution in [0.3, 0.4) is 0 Å². The monoisotopic (exact) mass is 156 g/mol. The third-order valence-electron chi connectivity index (χ3n) is 1.39. The summed E-state index contributed by atoms with van der Waals surface area (Å²) in [5.41, 5.74) is 0. The smallest absolute Gasteiger partial charge is 0.196 e. The summed E-state index contributed by atoms with van der Waals surface area (Å²) in [6.07, 6.45) is 2.52. The molecule has 0 aliphatic carbocycles. The van der Waals surface area contributed by atoms with E-state index in [0.717, 1.165) is 12.8 Å². The van der Waals surface area contributed by atoms with Gasteiger partial charge in [-0.05, 0) is 13.3 Å². The maximum absolute atomic E-state index is 11.1. The van der Waals surface area contributed by atoms with E-state index in [1.807, 2.05) is 6.92 Å². The third kappa shape index (κ3) is 4.59. The minimum Gasteiger partial charge on any atom is -0.491 e. The summed E-state index contributed by atoms with van der Waals surface area (Å²) in [6.45, 7) is 7.95. The zero-order valence-electron chi connectivity index (χ0n) is 7.35. The molecule has 2 heteroatoms. The number of Topliss-reactive ketones (excluding diaryl/α,β-unsaturated/α-hetero) is 1. The van der Waals surface area contributed by atoms with Gasteiger partial charge >= 0.3 is 0 Å². The number of unbranched alkanes of at least 4 members (excludes halogenated alkanes) is 1. The van der Waals surface area contributed by atoms with Crippen molar-refractivity contribution in [2.24, 2.45) is 0 Å². The van der Waals surface area contributed by atoms with Gasteiger partial charge in [0.15, 0.2) is 11.5 Å². The summed E-state index contributed by atoms with van der Waals surface area (Å²) in [5, 5.41) is 0. The number of rotatable bonds is 6.